The van der Waals surface area contributed by atoms with Crippen molar-refractivity contribution in [2.75, 3.05) is 19.8 Å². The van der Waals surface area contributed by atoms with E-state index in [2.05, 4.69) is 23.2 Å². The molecule has 1 saturated heterocycles. The molecule has 0 aromatic carbocycles. The van der Waals surface area contributed by atoms with Gasteiger partial charge < -0.3 is 8.92 Å². The minimum absolute atomic E-state index is 0.0590. The molecule has 0 atom stereocenters. The highest BCUT2D eigenvalue weighted by Crippen LogP contribution is 2.31. The fourth-order valence-corrected chi connectivity index (χ4v) is 1.21. The minimum atomic E-state index is -0.0590. The first-order chi connectivity index (χ1) is 4.83. The number of thiol groups is 1. The van der Waals surface area contributed by atoms with Crippen molar-refractivity contribution in [2.24, 2.45) is 5.41 Å². The summed E-state index contributed by atoms with van der Waals surface area (Å²) in [5, 5.41) is 8.41. The average molecular weight is 159 g/mol. The van der Waals surface area contributed by atoms with Crippen molar-refractivity contribution < 1.29 is 8.92 Å². The zero-order valence-corrected chi connectivity index (χ0v) is 6.43. The van der Waals surface area contributed by atoms with E-state index < -0.39 is 0 Å². The van der Waals surface area contributed by atoms with Gasteiger partial charge in [-0.2, -0.15) is 5.26 Å². The average Bonchev–Trinajstić information content (AvgIpc) is 1.84. The quantitative estimate of drug-likeness (QED) is 0.488. The molecule has 0 radical (unpaired) electrons. The molecule has 0 aromatic heterocycles. The molecule has 56 valence electrons. The van der Waals surface area contributed by atoms with E-state index >= 15 is 0 Å². The summed E-state index contributed by atoms with van der Waals surface area (Å²) in [5.74, 6) is 0. The summed E-state index contributed by atoms with van der Waals surface area (Å²) in [7, 11) is 0. The monoisotopic (exact) mass is 159 g/mol. The van der Waals surface area contributed by atoms with Crippen LogP contribution in [0, 0.1) is 16.7 Å². The summed E-state index contributed by atoms with van der Waals surface area (Å²) >= 11 is 3.63. The summed E-state index contributed by atoms with van der Waals surface area (Å²) in [5.41, 5.74) is -0.0590. The number of nitrogens with zero attached hydrogens (tertiary/aromatic N) is 1. The number of nitriles is 1. The van der Waals surface area contributed by atoms with Crippen LogP contribution < -0.4 is 0 Å². The molecule has 0 aromatic rings. The molecule has 1 aliphatic rings. The van der Waals surface area contributed by atoms with E-state index in [1.807, 2.05) is 0 Å². The smallest absolute Gasteiger partial charge is 0.0721 e. The lowest BCUT2D eigenvalue weighted by Gasteiger charge is -2.38. The van der Waals surface area contributed by atoms with Crippen LogP contribution in [-0.2, 0) is 8.92 Å². The highest BCUT2D eigenvalue weighted by atomic mass is 32.1. The Kier molecular flexibility index (Phi) is 2.55. The van der Waals surface area contributed by atoms with Gasteiger partial charge in [-0.3, -0.25) is 0 Å². The predicted octanol–water partition coefficient (Wildman–Crippen LogP) is 0.778. The van der Waals surface area contributed by atoms with Crippen LogP contribution in [0.1, 0.15) is 6.42 Å². The first kappa shape index (κ1) is 7.86. The summed E-state index contributed by atoms with van der Waals surface area (Å²) in [6, 6.07) is 2.10. The van der Waals surface area contributed by atoms with E-state index in [0.29, 0.717) is 26.2 Å². The Labute approximate surface area is 65.5 Å². The summed E-state index contributed by atoms with van der Waals surface area (Å²) in [6.45, 7) is 1.76. The van der Waals surface area contributed by atoms with Crippen molar-refractivity contribution >= 4 is 12.9 Å². The maximum absolute atomic E-state index is 8.41. The number of ether oxygens (including phenoxy) is 1. The van der Waals surface area contributed by atoms with E-state index in [1.54, 1.807) is 0 Å². The molecule has 0 amide bonds. The molecule has 0 spiro atoms. The Bertz CT molecular complexity index is 150. The van der Waals surface area contributed by atoms with Crippen molar-refractivity contribution in [2.45, 2.75) is 6.42 Å². The van der Waals surface area contributed by atoms with E-state index in [9.17, 15) is 0 Å². The maximum Gasteiger partial charge on any atom is 0.0721 e. The van der Waals surface area contributed by atoms with Crippen LogP contribution in [-0.4, -0.2) is 19.8 Å². The van der Waals surface area contributed by atoms with Gasteiger partial charge in [-0.15, -0.1) is 0 Å². The molecule has 1 aliphatic heterocycles. The predicted molar refractivity (Wildman–Crippen MR) is 38.4 cm³/mol. The van der Waals surface area contributed by atoms with Crippen LogP contribution in [0.3, 0.4) is 0 Å². The number of hydrogen-bond donors (Lipinski definition) is 1. The molecule has 10 heavy (non-hydrogen) atoms. The lowest BCUT2D eigenvalue weighted by atomic mass is 9.84. The highest BCUT2D eigenvalue weighted by molar-refractivity contribution is 7.75. The topological polar surface area (TPSA) is 42.2 Å². The van der Waals surface area contributed by atoms with Gasteiger partial charge in [0.15, 0.2) is 0 Å². The molecule has 1 fully saturated rings. The van der Waals surface area contributed by atoms with Crippen molar-refractivity contribution in [3.8, 4) is 6.07 Å². The third kappa shape index (κ3) is 1.43. The minimum Gasteiger partial charge on any atom is -0.380 e. The van der Waals surface area contributed by atoms with Crippen molar-refractivity contribution in [1.82, 2.24) is 0 Å². The molecule has 1 heterocycles. The molecule has 4 heteroatoms. The van der Waals surface area contributed by atoms with Crippen molar-refractivity contribution in [3.63, 3.8) is 0 Å². The van der Waals surface area contributed by atoms with Crippen LogP contribution in [0.5, 0.6) is 0 Å². The Morgan fingerprint density at radius 3 is 2.70 bits per heavy atom. The number of hydrogen-bond acceptors (Lipinski definition) is 4. The van der Waals surface area contributed by atoms with Crippen LogP contribution in [0.4, 0.5) is 0 Å². The second-order valence-electron chi connectivity index (χ2n) is 2.60. The largest absolute Gasteiger partial charge is 0.380 e. The van der Waals surface area contributed by atoms with Gasteiger partial charge in [0.05, 0.1) is 31.3 Å². The van der Waals surface area contributed by atoms with Crippen molar-refractivity contribution in [1.29, 1.82) is 5.26 Å². The van der Waals surface area contributed by atoms with Crippen LogP contribution >= 0.6 is 12.9 Å². The van der Waals surface area contributed by atoms with E-state index in [-0.39, 0.29) is 5.41 Å². The van der Waals surface area contributed by atoms with Gasteiger partial charge in [-0.05, 0) is 12.9 Å². The van der Waals surface area contributed by atoms with Crippen LogP contribution in [0.15, 0.2) is 0 Å². The molecule has 0 aliphatic carbocycles. The Hall–Kier alpha value is -0.240. The summed E-state index contributed by atoms with van der Waals surface area (Å²) in [4.78, 5) is 0. The second-order valence-corrected chi connectivity index (χ2v) is 2.86. The zero-order valence-electron chi connectivity index (χ0n) is 5.54. The SMILES string of the molecule is N#CCC1(COS)COC1. The van der Waals surface area contributed by atoms with Crippen LogP contribution in [0.2, 0.25) is 0 Å². The molecule has 0 saturated carbocycles. The lowest BCUT2D eigenvalue weighted by Crippen LogP contribution is -2.45. The fraction of sp³-hybridized carbons (Fsp3) is 0.833. The normalized spacial score (nSPS) is 21.2. The van der Waals surface area contributed by atoms with Gasteiger partial charge in [-0.1, -0.05) is 0 Å². The van der Waals surface area contributed by atoms with E-state index in [1.165, 1.54) is 0 Å². The molecule has 0 unspecified atom stereocenters. The second kappa shape index (κ2) is 3.24. The van der Waals surface area contributed by atoms with Crippen molar-refractivity contribution in [3.05, 3.63) is 0 Å². The van der Waals surface area contributed by atoms with Gasteiger partial charge >= 0.3 is 0 Å². The highest BCUT2D eigenvalue weighted by Gasteiger charge is 2.38. The first-order valence-corrected chi connectivity index (χ1v) is 3.41. The summed E-state index contributed by atoms with van der Waals surface area (Å²) < 4.78 is 9.64. The molecular weight excluding hydrogens is 150 g/mol. The fourth-order valence-electron chi connectivity index (χ4n) is 0.932. The maximum atomic E-state index is 8.41. The van der Waals surface area contributed by atoms with Gasteiger partial charge in [0.2, 0.25) is 0 Å². The zero-order chi connectivity index (χ0) is 7.45. The standard InChI is InChI=1S/C6H9NO2S/c7-2-1-6(5-9-10)3-8-4-6/h10H,1,3-5H2. The first-order valence-electron chi connectivity index (χ1n) is 3.04. The van der Waals surface area contributed by atoms with Gasteiger partial charge in [0.25, 0.3) is 0 Å². The number of rotatable bonds is 3. The van der Waals surface area contributed by atoms with E-state index in [4.69, 9.17) is 10.00 Å². The Morgan fingerprint density at radius 2 is 2.40 bits per heavy atom. The molecule has 0 bridgehead atoms. The molecule has 3 nitrogen and oxygen atoms in total. The van der Waals surface area contributed by atoms with Gasteiger partial charge in [0, 0.05) is 6.42 Å². The van der Waals surface area contributed by atoms with E-state index in [0.717, 1.165) is 0 Å². The third-order valence-corrected chi connectivity index (χ3v) is 1.77. The third-order valence-electron chi connectivity index (χ3n) is 1.64. The molecular formula is C6H9NO2S. The Morgan fingerprint density at radius 1 is 1.70 bits per heavy atom. The van der Waals surface area contributed by atoms with Gasteiger partial charge in [0.1, 0.15) is 0 Å². The summed E-state index contributed by atoms with van der Waals surface area (Å²) in [6.07, 6.45) is 0.494. The Balaban J connectivity index is 2.36. The lowest BCUT2D eigenvalue weighted by molar-refractivity contribution is -0.126. The van der Waals surface area contributed by atoms with Gasteiger partial charge in [-0.25, -0.2) is 0 Å². The van der Waals surface area contributed by atoms with Crippen LogP contribution in [0.25, 0.3) is 0 Å². The molecule has 0 N–H and O–H groups in total. The molecule has 1 rings (SSSR count).